The van der Waals surface area contributed by atoms with Crippen LogP contribution in [0.3, 0.4) is 0 Å². The van der Waals surface area contributed by atoms with Crippen LogP contribution in [-0.4, -0.2) is 40.8 Å². The monoisotopic (exact) mass is 517 g/mol. The van der Waals surface area contributed by atoms with Gasteiger partial charge in [-0.1, -0.05) is 60.7 Å². The molecule has 2 fully saturated rings. The van der Waals surface area contributed by atoms with E-state index in [1.807, 2.05) is 30.3 Å². The Hall–Kier alpha value is -2.94. The van der Waals surface area contributed by atoms with Crippen LogP contribution in [0.1, 0.15) is 31.7 Å². The zero-order chi connectivity index (χ0) is 25.7. The highest BCUT2D eigenvalue weighted by Crippen LogP contribution is 2.57. The van der Waals surface area contributed by atoms with Gasteiger partial charge in [0.15, 0.2) is 11.6 Å². The van der Waals surface area contributed by atoms with Crippen LogP contribution in [-0.2, 0) is 24.7 Å². The van der Waals surface area contributed by atoms with Gasteiger partial charge in [-0.25, -0.2) is 4.79 Å². The Bertz CT molecular complexity index is 1160. The number of nitrogens with zero attached hydrogens (tertiary/aromatic N) is 1. The van der Waals surface area contributed by atoms with Gasteiger partial charge in [0, 0.05) is 5.92 Å². The molecule has 0 spiro atoms. The Morgan fingerprint density at radius 3 is 2.47 bits per heavy atom. The second-order valence-electron chi connectivity index (χ2n) is 9.64. The topological polar surface area (TPSA) is 55.8 Å². The number of esters is 1. The fraction of sp³-hybridized carbons (Fsp3) is 0.444. The molecule has 1 saturated heterocycles. The number of ether oxygens (including phenoxy) is 2. The van der Waals surface area contributed by atoms with Crippen molar-refractivity contribution >= 4 is 29.3 Å². The van der Waals surface area contributed by atoms with Crippen LogP contribution in [0.4, 0.5) is 13.2 Å². The molecule has 5 rings (SSSR count). The van der Waals surface area contributed by atoms with Gasteiger partial charge in [-0.3, -0.25) is 9.69 Å². The first-order valence-electron chi connectivity index (χ1n) is 12.1. The maximum atomic E-state index is 13.8. The molecular weight excluding hydrogens is 491 g/mol. The van der Waals surface area contributed by atoms with Crippen LogP contribution < -0.4 is 0 Å². The summed E-state index contributed by atoms with van der Waals surface area (Å²) in [5.41, 5.74) is -1.36. The van der Waals surface area contributed by atoms with Gasteiger partial charge in [0.1, 0.15) is 0 Å². The maximum Gasteiger partial charge on any atom is 0.416 e. The van der Waals surface area contributed by atoms with Gasteiger partial charge in [0.25, 0.3) is 5.17 Å². The number of alkyl halides is 3. The molecule has 1 aromatic rings. The summed E-state index contributed by atoms with van der Waals surface area (Å²) in [6, 6.07) is 8.05. The third kappa shape index (κ3) is 3.97. The number of halogens is 3. The lowest BCUT2D eigenvalue weighted by molar-refractivity contribution is -0.159. The quantitative estimate of drug-likeness (QED) is 0.304. The number of allylic oxidation sites excluding steroid dienone is 5. The number of benzene rings is 1. The van der Waals surface area contributed by atoms with Gasteiger partial charge in [-0.05, 0) is 55.8 Å². The van der Waals surface area contributed by atoms with E-state index in [0.29, 0.717) is 11.5 Å². The normalized spacial score (nSPS) is 33.0. The standard InChI is InChI=1S/C27H26F3NO4S/c1-2-34-24(33)22-26(19-6-4-3-5-7-19,21-15-16-8-9-18(21)14-16)35-25(36)31(22)23(32)17-10-12-20(13-11-17)27(28,29)30/h3-10,12-13,16-18,21-22H,2,11,14-15H2,1H3/t16?,17-,18?,21?,22?,26?/m1/s1. The van der Waals surface area contributed by atoms with Crippen molar-refractivity contribution in [2.75, 3.05) is 6.61 Å². The molecule has 0 N–H and O–H groups in total. The second kappa shape index (κ2) is 9.18. The number of carbonyl (C=O) groups is 2. The minimum atomic E-state index is -4.50. The number of thiocarbonyl (C=S) groups is 1. The fourth-order valence-corrected chi connectivity index (χ4v) is 6.47. The highest BCUT2D eigenvalue weighted by atomic mass is 32.1. The molecular formula is C27H26F3NO4S. The molecule has 1 amide bonds. The smallest absolute Gasteiger partial charge is 0.416 e. The third-order valence-corrected chi connectivity index (χ3v) is 7.94. The molecule has 5 nitrogen and oxygen atoms in total. The molecule has 1 heterocycles. The van der Waals surface area contributed by atoms with Crippen LogP contribution in [0, 0.1) is 23.7 Å². The number of amides is 1. The predicted molar refractivity (Wildman–Crippen MR) is 129 cm³/mol. The third-order valence-electron chi connectivity index (χ3n) is 7.66. The van der Waals surface area contributed by atoms with Gasteiger partial charge in [0.05, 0.1) is 18.1 Å². The Morgan fingerprint density at radius 2 is 1.92 bits per heavy atom. The summed E-state index contributed by atoms with van der Waals surface area (Å²) in [7, 11) is 0. The average molecular weight is 518 g/mol. The minimum Gasteiger partial charge on any atom is -0.464 e. The summed E-state index contributed by atoms with van der Waals surface area (Å²) in [6.45, 7) is 1.77. The summed E-state index contributed by atoms with van der Waals surface area (Å²) >= 11 is 5.56. The number of fused-ring (bicyclic) bond motifs is 2. The molecule has 1 aromatic carbocycles. The van der Waals surface area contributed by atoms with Crippen LogP contribution in [0.2, 0.25) is 0 Å². The van der Waals surface area contributed by atoms with E-state index in [4.69, 9.17) is 21.7 Å². The molecule has 1 saturated carbocycles. The number of hydrogen-bond donors (Lipinski definition) is 0. The van der Waals surface area contributed by atoms with Crippen LogP contribution in [0.5, 0.6) is 0 Å². The van der Waals surface area contributed by atoms with E-state index in [1.165, 1.54) is 6.08 Å². The molecule has 4 aliphatic rings. The largest absolute Gasteiger partial charge is 0.464 e. The van der Waals surface area contributed by atoms with Crippen LogP contribution in [0.25, 0.3) is 0 Å². The molecule has 2 bridgehead atoms. The lowest BCUT2D eigenvalue weighted by Crippen LogP contribution is -2.56. The summed E-state index contributed by atoms with van der Waals surface area (Å²) in [6.07, 6.45) is 4.45. The van der Waals surface area contributed by atoms with Gasteiger partial charge in [0.2, 0.25) is 5.91 Å². The molecule has 1 aliphatic heterocycles. The summed E-state index contributed by atoms with van der Waals surface area (Å²) in [5.74, 6) is -1.80. The molecule has 36 heavy (non-hydrogen) atoms. The highest BCUT2D eigenvalue weighted by molar-refractivity contribution is 7.80. The van der Waals surface area contributed by atoms with E-state index < -0.39 is 41.2 Å². The van der Waals surface area contributed by atoms with E-state index in [1.54, 1.807) is 6.92 Å². The summed E-state index contributed by atoms with van der Waals surface area (Å²) < 4.78 is 51.2. The zero-order valence-electron chi connectivity index (χ0n) is 19.6. The Labute approximate surface area is 212 Å². The zero-order valence-corrected chi connectivity index (χ0v) is 20.4. The molecule has 6 atom stereocenters. The van der Waals surface area contributed by atoms with Gasteiger partial charge in [-0.15, -0.1) is 0 Å². The van der Waals surface area contributed by atoms with Crippen molar-refractivity contribution < 1.29 is 32.2 Å². The van der Waals surface area contributed by atoms with E-state index in [9.17, 15) is 22.8 Å². The molecule has 190 valence electrons. The maximum absolute atomic E-state index is 13.8. The number of rotatable bonds is 5. The van der Waals surface area contributed by atoms with Crippen molar-refractivity contribution in [3.8, 4) is 0 Å². The SMILES string of the molecule is CCOC(=O)C1N(C(=O)[C@@H]2C=CC(C(F)(F)F)=CC2)C(=S)OC1(c1ccccc1)C1CC2C=CC1C2. The Kier molecular flexibility index (Phi) is 6.31. The molecule has 9 heteroatoms. The summed E-state index contributed by atoms with van der Waals surface area (Å²) in [4.78, 5) is 28.5. The van der Waals surface area contributed by atoms with Crippen molar-refractivity contribution in [3.05, 3.63) is 71.8 Å². The predicted octanol–water partition coefficient (Wildman–Crippen LogP) is 5.23. The fourth-order valence-electron chi connectivity index (χ4n) is 6.14. The van der Waals surface area contributed by atoms with Gasteiger partial charge in [-0.2, -0.15) is 13.2 Å². The van der Waals surface area contributed by atoms with E-state index in [-0.39, 0.29) is 30.0 Å². The first-order chi connectivity index (χ1) is 17.2. The van der Waals surface area contributed by atoms with Gasteiger partial charge < -0.3 is 9.47 Å². The first kappa shape index (κ1) is 24.7. The molecule has 3 aliphatic carbocycles. The lowest BCUT2D eigenvalue weighted by atomic mass is 9.70. The highest BCUT2D eigenvalue weighted by Gasteiger charge is 2.66. The lowest BCUT2D eigenvalue weighted by Gasteiger charge is -2.41. The van der Waals surface area contributed by atoms with Crippen molar-refractivity contribution in [2.24, 2.45) is 23.7 Å². The van der Waals surface area contributed by atoms with Crippen molar-refractivity contribution in [1.29, 1.82) is 0 Å². The number of hydrogen-bond acceptors (Lipinski definition) is 5. The van der Waals surface area contributed by atoms with E-state index >= 15 is 0 Å². The Balaban J connectivity index is 1.57. The van der Waals surface area contributed by atoms with Crippen LogP contribution >= 0.6 is 12.2 Å². The average Bonchev–Trinajstić information content (AvgIpc) is 3.57. The first-order valence-corrected chi connectivity index (χ1v) is 12.5. The Morgan fingerprint density at radius 1 is 1.17 bits per heavy atom. The molecule has 5 unspecified atom stereocenters. The minimum absolute atomic E-state index is 0.0899. The number of carbonyl (C=O) groups excluding carboxylic acids is 2. The summed E-state index contributed by atoms with van der Waals surface area (Å²) in [5, 5.41) is -0.160. The van der Waals surface area contributed by atoms with Crippen LogP contribution in [0.15, 0.2) is 66.3 Å². The van der Waals surface area contributed by atoms with Crippen molar-refractivity contribution in [1.82, 2.24) is 4.90 Å². The molecule has 0 aromatic heterocycles. The van der Waals surface area contributed by atoms with E-state index in [2.05, 4.69) is 12.2 Å². The van der Waals surface area contributed by atoms with Gasteiger partial charge >= 0.3 is 12.1 Å². The van der Waals surface area contributed by atoms with Crippen molar-refractivity contribution in [2.45, 2.75) is 44.0 Å². The van der Waals surface area contributed by atoms with Crippen molar-refractivity contribution in [3.63, 3.8) is 0 Å². The van der Waals surface area contributed by atoms with E-state index in [0.717, 1.165) is 29.9 Å². The molecule has 0 radical (unpaired) electrons. The second-order valence-corrected chi connectivity index (χ2v) is 9.98.